The van der Waals surface area contributed by atoms with E-state index in [2.05, 4.69) is 4.98 Å². The molecular formula is C13H7ClF3NO. The molecule has 0 saturated carbocycles. The molecular weight excluding hydrogens is 279 g/mol. The Hall–Kier alpha value is -1.88. The molecule has 1 heterocycles. The second-order valence-corrected chi connectivity index (χ2v) is 4.19. The first kappa shape index (κ1) is 13.5. The largest absolute Gasteiger partial charge is 0.417 e. The van der Waals surface area contributed by atoms with Crippen LogP contribution < -0.4 is 0 Å². The Bertz CT molecular complexity index is 611. The van der Waals surface area contributed by atoms with Gasteiger partial charge in [0.1, 0.15) is 0 Å². The van der Waals surface area contributed by atoms with Crippen molar-refractivity contribution in [2.24, 2.45) is 0 Å². The Kier molecular flexibility index (Phi) is 3.57. The van der Waals surface area contributed by atoms with Crippen LogP contribution in [-0.2, 0) is 6.18 Å². The molecule has 0 aliphatic heterocycles. The number of carbonyl (C=O) groups is 1. The molecule has 6 heteroatoms. The molecule has 2 rings (SSSR count). The monoisotopic (exact) mass is 285 g/mol. The minimum atomic E-state index is -4.64. The zero-order valence-corrected chi connectivity index (χ0v) is 10.2. The third-order valence-corrected chi connectivity index (χ3v) is 2.69. The van der Waals surface area contributed by atoms with Gasteiger partial charge in [-0.05, 0) is 30.3 Å². The van der Waals surface area contributed by atoms with Crippen LogP contribution in [0.2, 0.25) is 5.02 Å². The van der Waals surface area contributed by atoms with E-state index in [1.54, 1.807) is 0 Å². The van der Waals surface area contributed by atoms with Gasteiger partial charge >= 0.3 is 6.18 Å². The van der Waals surface area contributed by atoms with Crippen LogP contribution in [0.15, 0.2) is 42.7 Å². The maximum Gasteiger partial charge on any atom is 0.417 e. The molecule has 0 bridgehead atoms. The number of benzene rings is 1. The van der Waals surface area contributed by atoms with Gasteiger partial charge in [-0.1, -0.05) is 11.6 Å². The molecule has 1 aromatic heterocycles. The zero-order valence-electron chi connectivity index (χ0n) is 9.41. The first-order valence-corrected chi connectivity index (χ1v) is 5.59. The molecule has 0 amide bonds. The molecule has 0 aliphatic carbocycles. The van der Waals surface area contributed by atoms with Crippen LogP contribution in [0, 0.1) is 0 Å². The lowest BCUT2D eigenvalue weighted by atomic mass is 9.99. The fourth-order valence-electron chi connectivity index (χ4n) is 1.60. The highest BCUT2D eigenvalue weighted by Crippen LogP contribution is 2.34. The number of halogens is 4. The third kappa shape index (κ3) is 2.93. The predicted octanol–water partition coefficient (Wildman–Crippen LogP) is 3.98. The van der Waals surface area contributed by atoms with Crippen LogP contribution in [0.5, 0.6) is 0 Å². The summed E-state index contributed by atoms with van der Waals surface area (Å²) in [6, 6.07) is 5.95. The summed E-state index contributed by atoms with van der Waals surface area (Å²) >= 11 is 5.55. The lowest BCUT2D eigenvalue weighted by Crippen LogP contribution is -2.14. The number of ketones is 1. The highest BCUT2D eigenvalue weighted by Gasteiger charge is 2.35. The van der Waals surface area contributed by atoms with Crippen molar-refractivity contribution < 1.29 is 18.0 Å². The summed E-state index contributed by atoms with van der Waals surface area (Å²) in [4.78, 5) is 15.8. The normalized spacial score (nSPS) is 11.4. The molecule has 0 atom stereocenters. The summed E-state index contributed by atoms with van der Waals surface area (Å²) < 4.78 is 38.6. The molecule has 2 nitrogen and oxygen atoms in total. The molecule has 1 aromatic carbocycles. The number of carbonyl (C=O) groups excluding carboxylic acids is 1. The molecule has 0 aliphatic rings. The topological polar surface area (TPSA) is 30.0 Å². The van der Waals surface area contributed by atoms with Gasteiger partial charge in [-0.25, -0.2) is 0 Å². The van der Waals surface area contributed by atoms with Gasteiger partial charge in [-0.15, -0.1) is 0 Å². The summed E-state index contributed by atoms with van der Waals surface area (Å²) in [7, 11) is 0. The first-order valence-electron chi connectivity index (χ1n) is 5.21. The fourth-order valence-corrected chi connectivity index (χ4v) is 1.77. The van der Waals surface area contributed by atoms with Gasteiger partial charge in [0.25, 0.3) is 0 Å². The Morgan fingerprint density at radius 3 is 2.53 bits per heavy atom. The summed E-state index contributed by atoms with van der Waals surface area (Å²) in [6.07, 6.45) is -1.99. The summed E-state index contributed by atoms with van der Waals surface area (Å²) in [5, 5.41) is -0.0740. The van der Waals surface area contributed by atoms with Crippen LogP contribution in [0.1, 0.15) is 21.5 Å². The van der Waals surface area contributed by atoms with Crippen molar-refractivity contribution >= 4 is 17.4 Å². The highest BCUT2D eigenvalue weighted by molar-refractivity contribution is 6.30. The van der Waals surface area contributed by atoms with Gasteiger partial charge in [0.15, 0.2) is 5.78 Å². The van der Waals surface area contributed by atoms with Crippen molar-refractivity contribution in [3.8, 4) is 0 Å². The average Bonchev–Trinajstić information content (AvgIpc) is 2.38. The summed E-state index contributed by atoms with van der Waals surface area (Å²) in [5.41, 5.74) is -1.39. The van der Waals surface area contributed by atoms with Gasteiger partial charge in [0.2, 0.25) is 0 Å². The molecule has 19 heavy (non-hydrogen) atoms. The standard InChI is InChI=1S/C13H7ClF3NO/c14-9-3-4-10(11(6-9)13(15,16)17)12(19)8-2-1-5-18-7-8/h1-7H. The molecule has 98 valence electrons. The van der Waals surface area contributed by atoms with Gasteiger partial charge in [-0.3, -0.25) is 9.78 Å². The number of nitrogens with zero attached hydrogens (tertiary/aromatic N) is 1. The van der Waals surface area contributed by atoms with Crippen molar-refractivity contribution in [2.75, 3.05) is 0 Å². The maximum atomic E-state index is 12.9. The minimum absolute atomic E-state index is 0.0740. The lowest BCUT2D eigenvalue weighted by molar-refractivity contribution is -0.137. The van der Waals surface area contributed by atoms with Crippen molar-refractivity contribution in [3.05, 3.63) is 64.4 Å². The van der Waals surface area contributed by atoms with Crippen LogP contribution in [0.4, 0.5) is 13.2 Å². The molecule has 0 fully saturated rings. The zero-order chi connectivity index (χ0) is 14.0. The Labute approximate surface area is 111 Å². The van der Waals surface area contributed by atoms with Gasteiger partial charge in [-0.2, -0.15) is 13.2 Å². The molecule has 0 saturated heterocycles. The van der Waals surface area contributed by atoms with Crippen molar-refractivity contribution in [3.63, 3.8) is 0 Å². The Morgan fingerprint density at radius 1 is 1.21 bits per heavy atom. The van der Waals surface area contributed by atoms with Crippen LogP contribution in [0.3, 0.4) is 0 Å². The van der Waals surface area contributed by atoms with E-state index in [0.717, 1.165) is 12.1 Å². The quantitative estimate of drug-likeness (QED) is 0.781. The predicted molar refractivity (Wildman–Crippen MR) is 64.1 cm³/mol. The molecule has 0 radical (unpaired) electrons. The fraction of sp³-hybridized carbons (Fsp3) is 0.0769. The van der Waals surface area contributed by atoms with Gasteiger partial charge in [0.05, 0.1) is 5.56 Å². The minimum Gasteiger partial charge on any atom is -0.289 e. The number of aromatic nitrogens is 1. The molecule has 0 unspecified atom stereocenters. The number of pyridine rings is 1. The van der Waals surface area contributed by atoms with Crippen LogP contribution >= 0.6 is 11.6 Å². The Morgan fingerprint density at radius 2 is 1.95 bits per heavy atom. The van der Waals surface area contributed by atoms with Crippen molar-refractivity contribution in [2.45, 2.75) is 6.18 Å². The summed E-state index contributed by atoms with van der Waals surface area (Å²) in [6.45, 7) is 0. The number of hydrogen-bond acceptors (Lipinski definition) is 2. The number of hydrogen-bond donors (Lipinski definition) is 0. The number of rotatable bonds is 2. The second-order valence-electron chi connectivity index (χ2n) is 3.76. The van der Waals surface area contributed by atoms with Crippen molar-refractivity contribution in [1.29, 1.82) is 0 Å². The van der Waals surface area contributed by atoms with Crippen LogP contribution in [0.25, 0.3) is 0 Å². The van der Waals surface area contributed by atoms with Crippen LogP contribution in [-0.4, -0.2) is 10.8 Å². The number of alkyl halides is 3. The van der Waals surface area contributed by atoms with Gasteiger partial charge < -0.3 is 0 Å². The van der Waals surface area contributed by atoms with E-state index in [0.29, 0.717) is 0 Å². The molecule has 0 N–H and O–H groups in total. The van der Waals surface area contributed by atoms with E-state index < -0.39 is 23.1 Å². The molecule has 2 aromatic rings. The van der Waals surface area contributed by atoms with E-state index >= 15 is 0 Å². The molecule has 0 spiro atoms. The van der Waals surface area contributed by atoms with E-state index in [4.69, 9.17) is 11.6 Å². The third-order valence-electron chi connectivity index (χ3n) is 2.46. The SMILES string of the molecule is O=C(c1cccnc1)c1ccc(Cl)cc1C(F)(F)F. The summed E-state index contributed by atoms with van der Waals surface area (Å²) in [5.74, 6) is -0.739. The van der Waals surface area contributed by atoms with E-state index in [9.17, 15) is 18.0 Å². The average molecular weight is 286 g/mol. The van der Waals surface area contributed by atoms with E-state index in [1.807, 2.05) is 0 Å². The highest BCUT2D eigenvalue weighted by atomic mass is 35.5. The maximum absolute atomic E-state index is 12.9. The Balaban J connectivity index is 2.54. The van der Waals surface area contributed by atoms with Crippen molar-refractivity contribution in [1.82, 2.24) is 4.98 Å². The second kappa shape index (κ2) is 5.01. The van der Waals surface area contributed by atoms with E-state index in [-0.39, 0.29) is 10.6 Å². The first-order chi connectivity index (χ1) is 8.89. The van der Waals surface area contributed by atoms with E-state index in [1.165, 1.54) is 30.6 Å². The smallest absolute Gasteiger partial charge is 0.289 e. The van der Waals surface area contributed by atoms with Gasteiger partial charge in [0, 0.05) is 28.5 Å². The lowest BCUT2D eigenvalue weighted by Gasteiger charge is -2.12.